The van der Waals surface area contributed by atoms with Crippen molar-refractivity contribution in [3.05, 3.63) is 52.3 Å². The molecule has 3 heterocycles. The van der Waals surface area contributed by atoms with E-state index in [1.165, 1.54) is 11.0 Å². The van der Waals surface area contributed by atoms with Gasteiger partial charge >= 0.3 is 6.18 Å². The Hall–Kier alpha value is -2.55. The predicted molar refractivity (Wildman–Crippen MR) is 108 cm³/mol. The summed E-state index contributed by atoms with van der Waals surface area (Å²) >= 11 is 0. The average Bonchev–Trinajstić information content (AvgIpc) is 3.03. The molecule has 4 rings (SSSR count). The molecule has 1 unspecified atom stereocenters. The van der Waals surface area contributed by atoms with E-state index < -0.39 is 23.8 Å². The van der Waals surface area contributed by atoms with Crippen molar-refractivity contribution < 1.29 is 17.9 Å². The molecule has 0 spiro atoms. The number of hydrogen-bond donors (Lipinski definition) is 0. The molecule has 1 fully saturated rings. The van der Waals surface area contributed by atoms with E-state index in [1.807, 2.05) is 35.2 Å². The quantitative estimate of drug-likeness (QED) is 0.742. The zero-order valence-corrected chi connectivity index (χ0v) is 16.9. The normalized spacial score (nSPS) is 21.7. The molecule has 0 bridgehead atoms. The summed E-state index contributed by atoms with van der Waals surface area (Å²) in [5, 5.41) is 0. The molecular formula is C21H25F3N4O2. The molecule has 1 atom stereocenters. The van der Waals surface area contributed by atoms with Crippen LogP contribution in [-0.2, 0) is 17.7 Å². The number of anilines is 2. The van der Waals surface area contributed by atoms with Gasteiger partial charge in [-0.1, -0.05) is 30.3 Å². The lowest BCUT2D eigenvalue weighted by Crippen LogP contribution is -2.56. The molecular weight excluding hydrogens is 397 g/mol. The second-order valence-corrected chi connectivity index (χ2v) is 7.95. The maximum atomic E-state index is 14.1. The third-order valence-corrected chi connectivity index (χ3v) is 5.91. The van der Waals surface area contributed by atoms with E-state index in [9.17, 15) is 18.0 Å². The van der Waals surface area contributed by atoms with E-state index in [1.54, 1.807) is 0 Å². The van der Waals surface area contributed by atoms with Gasteiger partial charge in [0, 0.05) is 25.7 Å². The Bertz CT molecular complexity index is 942. The second-order valence-electron chi connectivity index (χ2n) is 7.95. The summed E-state index contributed by atoms with van der Waals surface area (Å²) in [6.45, 7) is 2.97. The maximum absolute atomic E-state index is 14.1. The van der Waals surface area contributed by atoms with Gasteiger partial charge in [0.2, 0.25) is 5.95 Å². The van der Waals surface area contributed by atoms with Gasteiger partial charge < -0.3 is 14.5 Å². The number of halogens is 3. The summed E-state index contributed by atoms with van der Waals surface area (Å²) in [6, 6.07) is 11.0. The van der Waals surface area contributed by atoms with Crippen molar-refractivity contribution >= 4 is 11.8 Å². The van der Waals surface area contributed by atoms with Crippen LogP contribution in [0.5, 0.6) is 0 Å². The Balaban J connectivity index is 1.64. The summed E-state index contributed by atoms with van der Waals surface area (Å²) in [4.78, 5) is 20.4. The Morgan fingerprint density at radius 3 is 2.53 bits per heavy atom. The predicted octanol–water partition coefficient (Wildman–Crippen LogP) is 2.85. The van der Waals surface area contributed by atoms with E-state index in [2.05, 4.69) is 4.98 Å². The number of alkyl halides is 3. The van der Waals surface area contributed by atoms with Crippen LogP contribution in [-0.4, -0.2) is 54.1 Å². The molecule has 0 amide bonds. The van der Waals surface area contributed by atoms with Crippen LogP contribution in [0.15, 0.2) is 41.2 Å². The fraction of sp³-hybridized carbons (Fsp3) is 0.524. The minimum Gasteiger partial charge on any atom is -0.378 e. The standard InChI is InChI=1S/C21H25F3N4O2/c1-20(21(22,23)24)15-27-18(29)14-17(26-10-12-30-13-11-26)25-19(27)28(20)9-5-8-16-6-3-2-4-7-16/h2-4,6-7,14H,5,8-13,15H2,1H3. The first-order valence-electron chi connectivity index (χ1n) is 10.1. The van der Waals surface area contributed by atoms with Crippen molar-refractivity contribution in [1.29, 1.82) is 0 Å². The molecule has 0 radical (unpaired) electrons. The smallest absolute Gasteiger partial charge is 0.378 e. The van der Waals surface area contributed by atoms with Crippen molar-refractivity contribution in [2.45, 2.75) is 38.0 Å². The monoisotopic (exact) mass is 422 g/mol. The lowest BCUT2D eigenvalue weighted by Gasteiger charge is -2.37. The zero-order chi connectivity index (χ0) is 21.4. The van der Waals surface area contributed by atoms with Gasteiger partial charge in [0.25, 0.3) is 5.56 Å². The summed E-state index contributed by atoms with van der Waals surface area (Å²) in [5.74, 6) is 0.505. The van der Waals surface area contributed by atoms with Gasteiger partial charge in [0.1, 0.15) is 5.82 Å². The first-order valence-corrected chi connectivity index (χ1v) is 10.1. The van der Waals surface area contributed by atoms with Crippen LogP contribution in [0, 0.1) is 0 Å². The Morgan fingerprint density at radius 1 is 1.17 bits per heavy atom. The number of ether oxygens (including phenoxy) is 1. The van der Waals surface area contributed by atoms with Crippen molar-refractivity contribution in [2.24, 2.45) is 0 Å². The molecule has 6 nitrogen and oxygen atoms in total. The van der Waals surface area contributed by atoms with Gasteiger partial charge in [-0.15, -0.1) is 0 Å². The van der Waals surface area contributed by atoms with Gasteiger partial charge in [-0.25, -0.2) is 0 Å². The van der Waals surface area contributed by atoms with Crippen LogP contribution in [0.3, 0.4) is 0 Å². The minimum atomic E-state index is -4.50. The van der Waals surface area contributed by atoms with Gasteiger partial charge in [-0.3, -0.25) is 9.36 Å². The Kier molecular flexibility index (Phi) is 5.48. The van der Waals surface area contributed by atoms with Crippen LogP contribution in [0.4, 0.5) is 24.9 Å². The number of benzene rings is 1. The summed E-state index contributed by atoms with van der Waals surface area (Å²) < 4.78 is 48.7. The average molecular weight is 422 g/mol. The SMILES string of the molecule is CC1(C(F)(F)F)Cn2c(nc(N3CCOCC3)cc2=O)N1CCCc1ccccc1. The fourth-order valence-electron chi connectivity index (χ4n) is 4.08. The van der Waals surface area contributed by atoms with Gasteiger partial charge in [0.05, 0.1) is 19.8 Å². The molecule has 0 aliphatic carbocycles. The van der Waals surface area contributed by atoms with E-state index in [0.717, 1.165) is 17.1 Å². The number of hydrogen-bond acceptors (Lipinski definition) is 5. The van der Waals surface area contributed by atoms with Crippen LogP contribution in [0.2, 0.25) is 0 Å². The third kappa shape index (κ3) is 3.78. The number of aryl methyl sites for hydroxylation is 1. The highest BCUT2D eigenvalue weighted by molar-refractivity contribution is 5.50. The van der Waals surface area contributed by atoms with E-state index in [0.29, 0.717) is 45.0 Å². The lowest BCUT2D eigenvalue weighted by molar-refractivity contribution is -0.182. The van der Waals surface area contributed by atoms with E-state index in [-0.39, 0.29) is 12.5 Å². The highest BCUT2D eigenvalue weighted by Crippen LogP contribution is 2.43. The van der Waals surface area contributed by atoms with Crippen molar-refractivity contribution in [3.8, 4) is 0 Å². The summed E-state index contributed by atoms with van der Waals surface area (Å²) in [5.41, 5.74) is -1.56. The molecule has 2 aliphatic heterocycles. The Labute approximate surface area is 172 Å². The highest BCUT2D eigenvalue weighted by atomic mass is 19.4. The van der Waals surface area contributed by atoms with Crippen molar-refractivity contribution in [1.82, 2.24) is 9.55 Å². The first-order chi connectivity index (χ1) is 14.3. The Morgan fingerprint density at radius 2 is 1.87 bits per heavy atom. The van der Waals surface area contributed by atoms with E-state index >= 15 is 0 Å². The lowest BCUT2D eigenvalue weighted by atomic mass is 10.00. The zero-order valence-electron chi connectivity index (χ0n) is 16.9. The molecule has 1 aromatic carbocycles. The van der Waals surface area contributed by atoms with Gasteiger partial charge in [-0.2, -0.15) is 18.2 Å². The number of morpholine rings is 1. The number of aromatic nitrogens is 2. The summed E-state index contributed by atoms with van der Waals surface area (Å²) in [6.07, 6.45) is -3.33. The van der Waals surface area contributed by atoms with Crippen LogP contribution < -0.4 is 15.4 Å². The van der Waals surface area contributed by atoms with Gasteiger partial charge in [0.15, 0.2) is 5.54 Å². The molecule has 162 valence electrons. The molecule has 9 heteroatoms. The third-order valence-electron chi connectivity index (χ3n) is 5.91. The molecule has 2 aliphatic rings. The number of rotatable bonds is 5. The van der Waals surface area contributed by atoms with Gasteiger partial charge in [-0.05, 0) is 25.3 Å². The maximum Gasteiger partial charge on any atom is 0.413 e. The van der Waals surface area contributed by atoms with Crippen molar-refractivity contribution in [3.63, 3.8) is 0 Å². The van der Waals surface area contributed by atoms with E-state index in [4.69, 9.17) is 4.74 Å². The molecule has 30 heavy (non-hydrogen) atoms. The minimum absolute atomic E-state index is 0.0943. The summed E-state index contributed by atoms with van der Waals surface area (Å²) in [7, 11) is 0. The highest BCUT2D eigenvalue weighted by Gasteiger charge is 2.59. The molecule has 0 saturated carbocycles. The first kappa shape index (κ1) is 20.7. The van der Waals surface area contributed by atoms with Crippen LogP contribution in [0.25, 0.3) is 0 Å². The number of fused-ring (bicyclic) bond motifs is 1. The molecule has 1 aromatic heterocycles. The molecule has 0 N–H and O–H groups in total. The largest absolute Gasteiger partial charge is 0.413 e. The topological polar surface area (TPSA) is 50.6 Å². The van der Waals surface area contributed by atoms with Crippen LogP contribution >= 0.6 is 0 Å². The van der Waals surface area contributed by atoms with Crippen molar-refractivity contribution in [2.75, 3.05) is 42.6 Å². The number of nitrogens with zero attached hydrogens (tertiary/aromatic N) is 4. The fourth-order valence-corrected chi connectivity index (χ4v) is 4.08. The van der Waals surface area contributed by atoms with Crippen LogP contribution in [0.1, 0.15) is 18.9 Å². The second kappa shape index (κ2) is 7.94. The molecule has 1 saturated heterocycles. The molecule has 2 aromatic rings.